The van der Waals surface area contributed by atoms with E-state index in [-0.39, 0.29) is 5.82 Å². The van der Waals surface area contributed by atoms with E-state index < -0.39 is 5.54 Å². The molecule has 0 radical (unpaired) electrons. The number of rotatable bonds is 9. The molecular weight excluding hydrogens is 265 g/mol. The third-order valence-corrected chi connectivity index (χ3v) is 3.90. The van der Waals surface area contributed by atoms with Crippen molar-refractivity contribution >= 4 is 5.69 Å². The number of halogens is 1. The summed E-state index contributed by atoms with van der Waals surface area (Å²) in [6.07, 6.45) is 3.58. The zero-order valence-electron chi connectivity index (χ0n) is 13.3. The first kappa shape index (κ1) is 17.5. The molecule has 0 amide bonds. The average Bonchev–Trinajstić information content (AvgIpc) is 2.51. The Morgan fingerprint density at radius 1 is 1.29 bits per heavy atom. The number of hydrogen-bond acceptors (Lipinski definition) is 3. The molecule has 116 valence electrons. The molecule has 0 fully saturated rings. The van der Waals surface area contributed by atoms with Crippen molar-refractivity contribution in [1.29, 1.82) is 5.26 Å². The Kier molecular flexibility index (Phi) is 7.18. The smallest absolute Gasteiger partial charge is 0.123 e. The van der Waals surface area contributed by atoms with Crippen molar-refractivity contribution in [3.05, 3.63) is 30.1 Å². The molecule has 0 aromatic heterocycles. The molecule has 0 aliphatic heterocycles. The maximum absolute atomic E-state index is 12.9. The maximum atomic E-state index is 12.9. The lowest BCUT2D eigenvalue weighted by Crippen LogP contribution is -2.44. The zero-order chi connectivity index (χ0) is 15.7. The number of hydrogen-bond donors (Lipinski definition) is 1. The molecule has 1 N–H and O–H groups in total. The average molecular weight is 291 g/mol. The molecule has 0 aliphatic rings. The predicted octanol–water partition coefficient (Wildman–Crippen LogP) is 3.71. The van der Waals surface area contributed by atoms with Gasteiger partial charge in [0.2, 0.25) is 0 Å². The molecule has 0 saturated carbocycles. The van der Waals surface area contributed by atoms with Crippen molar-refractivity contribution in [2.45, 2.75) is 45.1 Å². The highest BCUT2D eigenvalue weighted by atomic mass is 19.1. The molecule has 0 bridgehead atoms. The van der Waals surface area contributed by atoms with Gasteiger partial charge in [-0.25, -0.2) is 4.39 Å². The summed E-state index contributed by atoms with van der Waals surface area (Å²) in [5.74, 6) is -0.217. The Bertz CT molecular complexity index is 452. The van der Waals surface area contributed by atoms with Crippen LogP contribution in [0.1, 0.15) is 39.5 Å². The van der Waals surface area contributed by atoms with Gasteiger partial charge in [0.05, 0.1) is 6.07 Å². The molecule has 3 nitrogen and oxygen atoms in total. The second-order valence-electron chi connectivity index (χ2n) is 5.48. The second kappa shape index (κ2) is 8.63. The molecule has 1 aromatic carbocycles. The standard InChI is InChI=1S/C17H26FN3/c1-4-12-20-17(5-2,14-19)11-6-13-21(3)16-9-7-15(18)8-10-16/h7-10,20H,4-6,11-13H2,1-3H3. The highest BCUT2D eigenvalue weighted by Gasteiger charge is 2.26. The van der Waals surface area contributed by atoms with E-state index in [1.807, 2.05) is 7.05 Å². The topological polar surface area (TPSA) is 39.1 Å². The van der Waals surface area contributed by atoms with Gasteiger partial charge >= 0.3 is 0 Å². The molecule has 1 atom stereocenters. The summed E-state index contributed by atoms with van der Waals surface area (Å²) in [7, 11) is 1.99. The van der Waals surface area contributed by atoms with Crippen LogP contribution in [-0.2, 0) is 0 Å². The summed E-state index contributed by atoms with van der Waals surface area (Å²) >= 11 is 0. The van der Waals surface area contributed by atoms with Crippen LogP contribution in [0.2, 0.25) is 0 Å². The molecule has 21 heavy (non-hydrogen) atoms. The summed E-state index contributed by atoms with van der Waals surface area (Å²) in [6, 6.07) is 8.95. The van der Waals surface area contributed by atoms with E-state index in [0.717, 1.165) is 44.5 Å². The van der Waals surface area contributed by atoms with Crippen LogP contribution < -0.4 is 10.2 Å². The van der Waals surface area contributed by atoms with Gasteiger partial charge < -0.3 is 4.90 Å². The molecule has 1 rings (SSSR count). The summed E-state index contributed by atoms with van der Waals surface area (Å²) in [5, 5.41) is 12.8. The molecule has 0 spiro atoms. The van der Waals surface area contributed by atoms with Crippen LogP contribution in [-0.4, -0.2) is 25.7 Å². The van der Waals surface area contributed by atoms with Crippen molar-refractivity contribution < 1.29 is 4.39 Å². The first-order chi connectivity index (χ1) is 10.1. The van der Waals surface area contributed by atoms with Crippen molar-refractivity contribution in [3.8, 4) is 6.07 Å². The van der Waals surface area contributed by atoms with Crippen LogP contribution in [0.4, 0.5) is 10.1 Å². The van der Waals surface area contributed by atoms with E-state index in [2.05, 4.69) is 30.1 Å². The minimum Gasteiger partial charge on any atom is -0.375 e. The molecule has 1 aromatic rings. The highest BCUT2D eigenvalue weighted by molar-refractivity contribution is 5.45. The lowest BCUT2D eigenvalue weighted by atomic mass is 9.91. The first-order valence-corrected chi connectivity index (χ1v) is 7.70. The van der Waals surface area contributed by atoms with Crippen LogP contribution in [0.15, 0.2) is 24.3 Å². The third-order valence-electron chi connectivity index (χ3n) is 3.90. The highest BCUT2D eigenvalue weighted by Crippen LogP contribution is 2.19. The number of nitrogens with zero attached hydrogens (tertiary/aromatic N) is 2. The Morgan fingerprint density at radius 2 is 1.95 bits per heavy atom. The number of nitrogens with one attached hydrogen (secondary N) is 1. The van der Waals surface area contributed by atoms with E-state index >= 15 is 0 Å². The van der Waals surface area contributed by atoms with Crippen LogP contribution >= 0.6 is 0 Å². The summed E-state index contributed by atoms with van der Waals surface area (Å²) in [4.78, 5) is 2.09. The minimum absolute atomic E-state index is 0.217. The van der Waals surface area contributed by atoms with E-state index in [1.165, 1.54) is 12.1 Å². The van der Waals surface area contributed by atoms with Crippen LogP contribution in [0.5, 0.6) is 0 Å². The Labute approximate surface area is 127 Å². The SMILES string of the molecule is CCCNC(C#N)(CC)CCCN(C)c1ccc(F)cc1. The zero-order valence-corrected chi connectivity index (χ0v) is 13.3. The van der Waals surface area contributed by atoms with Gasteiger partial charge in [-0.15, -0.1) is 0 Å². The largest absolute Gasteiger partial charge is 0.375 e. The normalized spacial score (nSPS) is 13.5. The molecule has 0 aliphatic carbocycles. The summed E-state index contributed by atoms with van der Waals surface area (Å²) in [5.41, 5.74) is 0.580. The van der Waals surface area contributed by atoms with Crippen LogP contribution in [0, 0.1) is 17.1 Å². The van der Waals surface area contributed by atoms with Gasteiger partial charge in [-0.05, 0) is 56.5 Å². The molecule has 0 saturated heterocycles. The lowest BCUT2D eigenvalue weighted by molar-refractivity contribution is 0.366. The predicted molar refractivity (Wildman–Crippen MR) is 85.8 cm³/mol. The first-order valence-electron chi connectivity index (χ1n) is 7.70. The van der Waals surface area contributed by atoms with Gasteiger partial charge in [-0.1, -0.05) is 13.8 Å². The van der Waals surface area contributed by atoms with E-state index in [4.69, 9.17) is 0 Å². The van der Waals surface area contributed by atoms with Gasteiger partial charge in [-0.2, -0.15) is 5.26 Å². The Morgan fingerprint density at radius 3 is 2.48 bits per heavy atom. The minimum atomic E-state index is -0.417. The van der Waals surface area contributed by atoms with Crippen molar-refractivity contribution in [3.63, 3.8) is 0 Å². The van der Waals surface area contributed by atoms with Gasteiger partial charge in [0.25, 0.3) is 0 Å². The fourth-order valence-corrected chi connectivity index (χ4v) is 2.37. The van der Waals surface area contributed by atoms with Crippen LogP contribution in [0.25, 0.3) is 0 Å². The fourth-order valence-electron chi connectivity index (χ4n) is 2.37. The summed E-state index contributed by atoms with van der Waals surface area (Å²) in [6.45, 7) is 5.88. The molecule has 4 heteroatoms. The van der Waals surface area contributed by atoms with Gasteiger partial charge in [0.15, 0.2) is 0 Å². The molecule has 0 heterocycles. The maximum Gasteiger partial charge on any atom is 0.123 e. The van der Waals surface area contributed by atoms with E-state index in [0.29, 0.717) is 0 Å². The second-order valence-corrected chi connectivity index (χ2v) is 5.48. The van der Waals surface area contributed by atoms with Gasteiger partial charge in [0, 0.05) is 19.3 Å². The van der Waals surface area contributed by atoms with Crippen molar-refractivity contribution in [2.24, 2.45) is 0 Å². The Balaban J connectivity index is 2.50. The molecular formula is C17H26FN3. The number of nitriles is 1. The number of anilines is 1. The monoisotopic (exact) mass is 291 g/mol. The third kappa shape index (κ3) is 5.35. The lowest BCUT2D eigenvalue weighted by Gasteiger charge is -2.28. The molecule has 1 unspecified atom stereocenters. The quantitative estimate of drug-likeness (QED) is 0.754. The van der Waals surface area contributed by atoms with Gasteiger partial charge in [-0.3, -0.25) is 5.32 Å². The van der Waals surface area contributed by atoms with Crippen LogP contribution in [0.3, 0.4) is 0 Å². The van der Waals surface area contributed by atoms with E-state index in [1.54, 1.807) is 12.1 Å². The van der Waals surface area contributed by atoms with Gasteiger partial charge in [0.1, 0.15) is 11.4 Å². The Hall–Kier alpha value is -1.60. The van der Waals surface area contributed by atoms with Crippen molar-refractivity contribution in [2.75, 3.05) is 25.0 Å². The van der Waals surface area contributed by atoms with Crippen molar-refractivity contribution in [1.82, 2.24) is 5.32 Å². The summed E-state index contributed by atoms with van der Waals surface area (Å²) < 4.78 is 12.9. The number of benzene rings is 1. The van der Waals surface area contributed by atoms with E-state index in [9.17, 15) is 9.65 Å². The fraction of sp³-hybridized carbons (Fsp3) is 0.588.